The number of hydrogen-bond donors (Lipinski definition) is 0. The third-order valence-corrected chi connectivity index (χ3v) is 2.71. The minimum absolute atomic E-state index is 0.00537. The molecule has 0 aromatic heterocycles. The summed E-state index contributed by atoms with van der Waals surface area (Å²) in [5.74, 6) is -2.91. The molecule has 1 aliphatic heterocycles. The number of benzene rings is 1. The van der Waals surface area contributed by atoms with Crippen molar-refractivity contribution in [2.45, 2.75) is 6.92 Å². The van der Waals surface area contributed by atoms with E-state index >= 15 is 0 Å². The molecule has 6 heteroatoms. The van der Waals surface area contributed by atoms with Crippen LogP contribution < -0.4 is 4.90 Å². The molecule has 0 N–H and O–H groups in total. The van der Waals surface area contributed by atoms with E-state index in [4.69, 9.17) is 11.6 Å². The first kappa shape index (κ1) is 11.7. The van der Waals surface area contributed by atoms with Crippen LogP contribution in [0.5, 0.6) is 0 Å². The maximum absolute atomic E-state index is 13.6. The van der Waals surface area contributed by atoms with E-state index in [9.17, 15) is 18.8 Å². The first-order valence-electron chi connectivity index (χ1n) is 4.77. The van der Waals surface area contributed by atoms with E-state index in [1.165, 1.54) is 13.0 Å². The lowest BCUT2D eigenvalue weighted by Crippen LogP contribution is -2.34. The van der Waals surface area contributed by atoms with Gasteiger partial charge in [-0.15, -0.1) is 0 Å². The third kappa shape index (κ3) is 1.72. The fourth-order valence-corrected chi connectivity index (χ4v) is 1.96. The zero-order valence-corrected chi connectivity index (χ0v) is 9.55. The van der Waals surface area contributed by atoms with Gasteiger partial charge in [0, 0.05) is 0 Å². The van der Waals surface area contributed by atoms with E-state index in [-0.39, 0.29) is 28.6 Å². The quantitative estimate of drug-likeness (QED) is 0.754. The number of rotatable bonds is 2. The van der Waals surface area contributed by atoms with Crippen molar-refractivity contribution in [2.24, 2.45) is 0 Å². The summed E-state index contributed by atoms with van der Waals surface area (Å²) in [7, 11) is 0. The number of fused-ring (bicyclic) bond motifs is 1. The molecule has 0 spiro atoms. The normalized spacial score (nSPS) is 14.2. The maximum atomic E-state index is 13.6. The fraction of sp³-hybridized carbons (Fsp3) is 0.182. The third-order valence-electron chi connectivity index (χ3n) is 2.39. The first-order valence-corrected chi connectivity index (χ1v) is 5.15. The molecule has 0 aliphatic carbocycles. The van der Waals surface area contributed by atoms with Crippen molar-refractivity contribution in [3.63, 3.8) is 0 Å². The number of anilines is 1. The molecule has 0 atom stereocenters. The van der Waals surface area contributed by atoms with Crippen molar-refractivity contribution < 1.29 is 18.8 Å². The smallest absolute Gasteiger partial charge is 0.298 e. The van der Waals surface area contributed by atoms with Crippen molar-refractivity contribution in [3.8, 4) is 0 Å². The van der Waals surface area contributed by atoms with Gasteiger partial charge in [0.2, 0.25) is 0 Å². The Morgan fingerprint density at radius 3 is 2.65 bits per heavy atom. The van der Waals surface area contributed by atoms with Crippen molar-refractivity contribution in [1.82, 2.24) is 0 Å². The molecule has 1 aliphatic rings. The van der Waals surface area contributed by atoms with Crippen molar-refractivity contribution in [1.29, 1.82) is 0 Å². The molecule has 0 bridgehead atoms. The van der Waals surface area contributed by atoms with E-state index in [1.807, 2.05) is 0 Å². The second kappa shape index (κ2) is 3.92. The van der Waals surface area contributed by atoms with E-state index in [0.717, 1.165) is 11.0 Å². The summed E-state index contributed by atoms with van der Waals surface area (Å²) in [6.45, 7) is 0.910. The molecule has 0 saturated heterocycles. The molecular weight excluding hydrogens is 249 g/mol. The summed E-state index contributed by atoms with van der Waals surface area (Å²) >= 11 is 5.75. The van der Waals surface area contributed by atoms with Gasteiger partial charge in [-0.05, 0) is 19.1 Å². The minimum Gasteiger partial charge on any atom is -0.298 e. The summed E-state index contributed by atoms with van der Waals surface area (Å²) in [4.78, 5) is 35.0. The summed E-state index contributed by atoms with van der Waals surface area (Å²) in [6.07, 6.45) is 0. The monoisotopic (exact) mass is 255 g/mol. The van der Waals surface area contributed by atoms with Crippen molar-refractivity contribution in [3.05, 3.63) is 28.5 Å². The van der Waals surface area contributed by atoms with Crippen LogP contribution in [0.1, 0.15) is 17.3 Å². The first-order chi connectivity index (χ1) is 7.93. The summed E-state index contributed by atoms with van der Waals surface area (Å²) in [6, 6.07) is 2.26. The van der Waals surface area contributed by atoms with Crippen LogP contribution in [-0.2, 0) is 9.59 Å². The molecule has 0 unspecified atom stereocenters. The summed E-state index contributed by atoms with van der Waals surface area (Å²) < 4.78 is 13.6. The Kier molecular flexibility index (Phi) is 2.71. The Morgan fingerprint density at radius 2 is 2.06 bits per heavy atom. The number of carbonyl (C=O) groups excluding carboxylic acids is 3. The lowest BCUT2D eigenvalue weighted by atomic mass is 10.1. The van der Waals surface area contributed by atoms with Crippen LogP contribution in [0.2, 0.25) is 5.02 Å². The van der Waals surface area contributed by atoms with Crippen LogP contribution >= 0.6 is 11.6 Å². The lowest BCUT2D eigenvalue weighted by Gasteiger charge is -2.14. The number of ketones is 2. The highest BCUT2D eigenvalue weighted by atomic mass is 35.5. The number of nitrogens with zero attached hydrogens (tertiary/aromatic N) is 1. The zero-order chi connectivity index (χ0) is 12.7. The Hall–Kier alpha value is -1.75. The number of Topliss-reactive ketones (excluding diaryl/α,β-unsaturated/α-hetero) is 2. The van der Waals surface area contributed by atoms with Gasteiger partial charge in [-0.25, -0.2) is 4.39 Å². The molecule has 0 radical (unpaired) electrons. The molecule has 1 amide bonds. The molecule has 0 saturated carbocycles. The predicted octanol–water partition coefficient (Wildman–Crippen LogP) is 1.60. The second-order valence-corrected chi connectivity index (χ2v) is 4.08. The molecule has 1 heterocycles. The number of carbonyl (C=O) groups is 3. The molecule has 4 nitrogen and oxygen atoms in total. The maximum Gasteiger partial charge on any atom is 0.300 e. The molecule has 1 aromatic rings. The minimum atomic E-state index is -0.929. The largest absolute Gasteiger partial charge is 0.300 e. The fourth-order valence-electron chi connectivity index (χ4n) is 1.73. The van der Waals surface area contributed by atoms with Crippen molar-refractivity contribution in [2.75, 3.05) is 11.4 Å². The van der Waals surface area contributed by atoms with Crippen LogP contribution in [0.15, 0.2) is 12.1 Å². The summed E-state index contributed by atoms with van der Waals surface area (Å²) in [5, 5.41) is 0.00537. The van der Waals surface area contributed by atoms with Crippen LogP contribution in [0.25, 0.3) is 0 Å². The van der Waals surface area contributed by atoms with Crippen LogP contribution in [0.4, 0.5) is 10.1 Å². The van der Waals surface area contributed by atoms with Gasteiger partial charge in [0.15, 0.2) is 0 Å². The number of amides is 1. The highest BCUT2D eigenvalue weighted by molar-refractivity contribution is 6.55. The topological polar surface area (TPSA) is 54.5 Å². The van der Waals surface area contributed by atoms with Gasteiger partial charge >= 0.3 is 0 Å². The lowest BCUT2D eigenvalue weighted by molar-refractivity contribution is -0.119. The van der Waals surface area contributed by atoms with E-state index in [2.05, 4.69) is 0 Å². The predicted molar refractivity (Wildman–Crippen MR) is 58.8 cm³/mol. The number of halogens is 2. The van der Waals surface area contributed by atoms with Gasteiger partial charge in [-0.2, -0.15) is 0 Å². The van der Waals surface area contributed by atoms with E-state index < -0.39 is 17.5 Å². The van der Waals surface area contributed by atoms with Crippen LogP contribution in [-0.4, -0.2) is 24.0 Å². The SMILES string of the molecule is CC(=O)CN1C(=O)C(=O)c2c(Cl)ccc(F)c21. The van der Waals surface area contributed by atoms with Crippen LogP contribution in [0.3, 0.4) is 0 Å². The standard InChI is InChI=1S/C11H7ClFNO3/c1-5(15)4-14-9-7(13)3-2-6(12)8(9)10(16)11(14)17/h2-3H,4H2,1H3. The van der Waals surface area contributed by atoms with E-state index in [1.54, 1.807) is 0 Å². The van der Waals surface area contributed by atoms with Gasteiger partial charge < -0.3 is 0 Å². The zero-order valence-electron chi connectivity index (χ0n) is 8.79. The molecule has 1 aromatic carbocycles. The van der Waals surface area contributed by atoms with Crippen LogP contribution in [0, 0.1) is 5.82 Å². The Morgan fingerprint density at radius 1 is 1.41 bits per heavy atom. The van der Waals surface area contributed by atoms with Crippen molar-refractivity contribution >= 4 is 34.8 Å². The molecule has 88 valence electrons. The van der Waals surface area contributed by atoms with Gasteiger partial charge in [0.1, 0.15) is 11.6 Å². The Balaban J connectivity index is 2.63. The van der Waals surface area contributed by atoms with E-state index in [0.29, 0.717) is 0 Å². The van der Waals surface area contributed by atoms with Gasteiger partial charge in [-0.3, -0.25) is 19.3 Å². The average Bonchev–Trinajstić information content (AvgIpc) is 2.49. The Bertz CT molecular complexity index is 556. The van der Waals surface area contributed by atoms with Gasteiger partial charge in [-0.1, -0.05) is 11.6 Å². The summed E-state index contributed by atoms with van der Waals surface area (Å²) in [5.41, 5.74) is -0.374. The van der Waals surface area contributed by atoms with Gasteiger partial charge in [0.05, 0.1) is 22.8 Å². The Labute approximate surface area is 101 Å². The average molecular weight is 256 g/mol. The molecular formula is C11H7ClFNO3. The second-order valence-electron chi connectivity index (χ2n) is 3.68. The molecule has 0 fully saturated rings. The molecule has 17 heavy (non-hydrogen) atoms. The number of hydrogen-bond acceptors (Lipinski definition) is 3. The van der Waals surface area contributed by atoms with Gasteiger partial charge in [0.25, 0.3) is 11.7 Å². The molecule has 2 rings (SSSR count). The highest BCUT2D eigenvalue weighted by Crippen LogP contribution is 2.36. The highest BCUT2D eigenvalue weighted by Gasteiger charge is 2.40.